The summed E-state index contributed by atoms with van der Waals surface area (Å²) in [5.41, 5.74) is 1.43. The molecule has 0 heterocycles. The summed E-state index contributed by atoms with van der Waals surface area (Å²) in [5, 5.41) is 0. The number of hydrogen-bond donors (Lipinski definition) is 0. The first kappa shape index (κ1) is 8.47. The van der Waals surface area contributed by atoms with Gasteiger partial charge in [0.25, 0.3) is 0 Å². The summed E-state index contributed by atoms with van der Waals surface area (Å²) in [6, 6.07) is 3.21. The van der Waals surface area contributed by atoms with E-state index in [0.717, 1.165) is 10.0 Å². The molecule has 0 N–H and O–H groups in total. The summed E-state index contributed by atoms with van der Waals surface area (Å²) in [4.78, 5) is 0. The summed E-state index contributed by atoms with van der Waals surface area (Å²) < 4.78 is 13.8. The third-order valence-electron chi connectivity index (χ3n) is 1.50. The Morgan fingerprint density at radius 2 is 2.18 bits per heavy atom. The van der Waals surface area contributed by atoms with E-state index in [2.05, 4.69) is 22.5 Å². The van der Waals surface area contributed by atoms with Crippen molar-refractivity contribution < 1.29 is 4.39 Å². The van der Waals surface area contributed by atoms with Crippen molar-refractivity contribution in [3.05, 3.63) is 40.1 Å². The molecule has 1 aromatic rings. The lowest BCUT2D eigenvalue weighted by atomic mass is 10.1. The summed E-state index contributed by atoms with van der Waals surface area (Å²) in [7, 11) is 0. The van der Waals surface area contributed by atoms with E-state index < -0.39 is 0 Å². The zero-order valence-corrected chi connectivity index (χ0v) is 7.78. The molecule has 0 atom stereocenters. The minimum absolute atomic E-state index is 0.192. The lowest BCUT2D eigenvalue weighted by molar-refractivity contribution is 0.618. The maximum atomic E-state index is 12.9. The number of rotatable bonds is 1. The molecule has 0 amide bonds. The first-order chi connectivity index (χ1) is 5.15. The van der Waals surface area contributed by atoms with Gasteiger partial charge >= 0.3 is 0 Å². The van der Waals surface area contributed by atoms with E-state index in [4.69, 9.17) is 0 Å². The van der Waals surface area contributed by atoms with Gasteiger partial charge in [-0.3, -0.25) is 0 Å². The second-order valence-electron chi connectivity index (χ2n) is 2.33. The van der Waals surface area contributed by atoms with Crippen LogP contribution >= 0.6 is 15.9 Å². The fourth-order valence-corrected chi connectivity index (χ4v) is 1.44. The molecule has 2 heteroatoms. The van der Waals surface area contributed by atoms with E-state index in [1.54, 1.807) is 19.1 Å². The molecule has 0 nitrogen and oxygen atoms in total. The molecule has 0 fully saturated rings. The van der Waals surface area contributed by atoms with Crippen LogP contribution in [0, 0.1) is 12.7 Å². The Labute approximate surface area is 73.9 Å². The number of hydrogen-bond acceptors (Lipinski definition) is 0. The lowest BCUT2D eigenvalue weighted by Crippen LogP contribution is -1.84. The van der Waals surface area contributed by atoms with Crippen LogP contribution in [0.1, 0.15) is 11.1 Å². The third-order valence-corrected chi connectivity index (χ3v) is 2.18. The average molecular weight is 215 g/mol. The fraction of sp³-hybridized carbons (Fsp3) is 0.111. The topological polar surface area (TPSA) is 0 Å². The second-order valence-corrected chi connectivity index (χ2v) is 3.18. The normalized spacial score (nSPS) is 9.73. The van der Waals surface area contributed by atoms with Crippen LogP contribution in [0.15, 0.2) is 23.2 Å². The maximum absolute atomic E-state index is 12.9. The summed E-state index contributed by atoms with van der Waals surface area (Å²) in [6.45, 7) is 5.30. The molecule has 0 aliphatic heterocycles. The largest absolute Gasteiger partial charge is 0.207 e. The van der Waals surface area contributed by atoms with Crippen LogP contribution in [-0.4, -0.2) is 0 Å². The molecular formula is C9H8BrF. The van der Waals surface area contributed by atoms with Crippen LogP contribution in [0.3, 0.4) is 0 Å². The Bertz CT molecular complexity index is 292. The first-order valence-corrected chi connectivity index (χ1v) is 4.02. The van der Waals surface area contributed by atoms with Gasteiger partial charge in [0.05, 0.1) is 0 Å². The first-order valence-electron chi connectivity index (χ1n) is 3.23. The predicted octanol–water partition coefficient (Wildman–Crippen LogP) is 3.54. The van der Waals surface area contributed by atoms with Crippen LogP contribution in [0.25, 0.3) is 6.08 Å². The van der Waals surface area contributed by atoms with E-state index in [9.17, 15) is 4.39 Å². The van der Waals surface area contributed by atoms with Crippen molar-refractivity contribution in [2.75, 3.05) is 0 Å². The summed E-state index contributed by atoms with van der Waals surface area (Å²) in [5.74, 6) is -0.192. The Hall–Kier alpha value is -0.630. The molecular weight excluding hydrogens is 207 g/mol. The summed E-state index contributed by atoms with van der Waals surface area (Å²) in [6.07, 6.45) is 1.62. The Kier molecular flexibility index (Phi) is 2.45. The van der Waals surface area contributed by atoms with Crippen molar-refractivity contribution in [3.63, 3.8) is 0 Å². The zero-order chi connectivity index (χ0) is 8.43. The molecule has 0 saturated carbocycles. The van der Waals surface area contributed by atoms with E-state index in [0.29, 0.717) is 5.56 Å². The standard InChI is InChI=1S/C9H8BrF/c1-3-7-5-9(11)6(2)4-8(7)10/h3-5H,1H2,2H3. The van der Waals surface area contributed by atoms with Crippen molar-refractivity contribution in [2.24, 2.45) is 0 Å². The quantitative estimate of drug-likeness (QED) is 0.672. The van der Waals surface area contributed by atoms with Gasteiger partial charge in [0.1, 0.15) is 5.82 Å². The number of aryl methyl sites for hydroxylation is 1. The molecule has 0 bridgehead atoms. The van der Waals surface area contributed by atoms with E-state index in [1.807, 2.05) is 0 Å². The molecule has 0 aliphatic carbocycles. The molecule has 0 saturated heterocycles. The van der Waals surface area contributed by atoms with Crippen LogP contribution in [0.4, 0.5) is 4.39 Å². The molecule has 1 rings (SSSR count). The van der Waals surface area contributed by atoms with Gasteiger partial charge in [-0.15, -0.1) is 0 Å². The van der Waals surface area contributed by atoms with Crippen LogP contribution in [-0.2, 0) is 0 Å². The van der Waals surface area contributed by atoms with Crippen LogP contribution < -0.4 is 0 Å². The molecule has 0 radical (unpaired) electrons. The second kappa shape index (κ2) is 3.18. The van der Waals surface area contributed by atoms with Gasteiger partial charge in [-0.1, -0.05) is 28.6 Å². The third kappa shape index (κ3) is 1.69. The minimum atomic E-state index is -0.192. The molecule has 0 spiro atoms. The number of benzene rings is 1. The van der Waals surface area contributed by atoms with Crippen LogP contribution in [0.2, 0.25) is 0 Å². The van der Waals surface area contributed by atoms with Gasteiger partial charge < -0.3 is 0 Å². The summed E-state index contributed by atoms with van der Waals surface area (Å²) >= 11 is 3.30. The molecule has 58 valence electrons. The van der Waals surface area contributed by atoms with Gasteiger partial charge in [0.15, 0.2) is 0 Å². The van der Waals surface area contributed by atoms with Gasteiger partial charge in [-0.25, -0.2) is 4.39 Å². The van der Waals surface area contributed by atoms with Crippen LogP contribution in [0.5, 0.6) is 0 Å². The number of halogens is 2. The van der Waals surface area contributed by atoms with E-state index >= 15 is 0 Å². The maximum Gasteiger partial charge on any atom is 0.126 e. The van der Waals surface area contributed by atoms with Crippen molar-refractivity contribution >= 4 is 22.0 Å². The molecule has 0 aromatic heterocycles. The molecule has 0 unspecified atom stereocenters. The van der Waals surface area contributed by atoms with Crippen molar-refractivity contribution in [1.82, 2.24) is 0 Å². The molecule has 0 aliphatic rings. The van der Waals surface area contributed by atoms with Crippen molar-refractivity contribution in [3.8, 4) is 0 Å². The van der Waals surface area contributed by atoms with Gasteiger partial charge in [-0.05, 0) is 30.2 Å². The predicted molar refractivity (Wildman–Crippen MR) is 48.9 cm³/mol. The highest BCUT2D eigenvalue weighted by Crippen LogP contribution is 2.21. The average Bonchev–Trinajstić information content (AvgIpc) is 1.97. The Morgan fingerprint density at radius 1 is 1.55 bits per heavy atom. The fourth-order valence-electron chi connectivity index (χ4n) is 0.818. The molecule has 11 heavy (non-hydrogen) atoms. The monoisotopic (exact) mass is 214 g/mol. The van der Waals surface area contributed by atoms with E-state index in [1.165, 1.54) is 6.07 Å². The van der Waals surface area contributed by atoms with Crippen molar-refractivity contribution in [1.29, 1.82) is 0 Å². The highest BCUT2D eigenvalue weighted by molar-refractivity contribution is 9.10. The Balaban J connectivity index is 3.31. The van der Waals surface area contributed by atoms with Gasteiger partial charge in [-0.2, -0.15) is 0 Å². The smallest absolute Gasteiger partial charge is 0.126 e. The molecule has 1 aromatic carbocycles. The van der Waals surface area contributed by atoms with Gasteiger partial charge in [0, 0.05) is 4.47 Å². The minimum Gasteiger partial charge on any atom is -0.207 e. The van der Waals surface area contributed by atoms with Gasteiger partial charge in [0.2, 0.25) is 0 Å². The van der Waals surface area contributed by atoms with Crippen molar-refractivity contribution in [2.45, 2.75) is 6.92 Å². The SMILES string of the molecule is C=Cc1cc(F)c(C)cc1Br. The highest BCUT2D eigenvalue weighted by Gasteiger charge is 2.01. The Morgan fingerprint density at radius 3 is 2.73 bits per heavy atom. The van der Waals surface area contributed by atoms with E-state index in [-0.39, 0.29) is 5.82 Å². The zero-order valence-electron chi connectivity index (χ0n) is 6.20. The highest BCUT2D eigenvalue weighted by atomic mass is 79.9. The lowest BCUT2D eigenvalue weighted by Gasteiger charge is -2.00.